The van der Waals surface area contributed by atoms with Crippen molar-refractivity contribution in [2.45, 2.75) is 31.8 Å². The third-order valence-electron chi connectivity index (χ3n) is 4.98. The predicted octanol–water partition coefficient (Wildman–Crippen LogP) is 2.64. The van der Waals surface area contributed by atoms with E-state index in [1.165, 1.54) is 27.7 Å². The standard InChI is InChI=1S/C16H18IN3O/c1-10(21)20-15(12-4-2-3-5-13(12)17)16-14(18-20)11-6-8-19(16)9-7-11/h2-5,11,15-16H,6-9H2,1H3. The first-order valence-corrected chi connectivity index (χ1v) is 8.61. The van der Waals surface area contributed by atoms with E-state index in [-0.39, 0.29) is 18.0 Å². The fraction of sp³-hybridized carbons (Fsp3) is 0.500. The molecule has 5 heteroatoms. The summed E-state index contributed by atoms with van der Waals surface area (Å²) in [6.07, 6.45) is 2.39. The van der Waals surface area contributed by atoms with Gasteiger partial charge in [0.1, 0.15) is 6.04 Å². The molecule has 0 spiro atoms. The first-order valence-electron chi connectivity index (χ1n) is 7.53. The van der Waals surface area contributed by atoms with Crippen molar-refractivity contribution in [1.82, 2.24) is 9.91 Å². The van der Waals surface area contributed by atoms with Crippen LogP contribution in [-0.2, 0) is 4.79 Å². The van der Waals surface area contributed by atoms with E-state index in [1.54, 1.807) is 11.9 Å². The van der Waals surface area contributed by atoms with Gasteiger partial charge in [-0.1, -0.05) is 18.2 Å². The number of rotatable bonds is 1. The lowest BCUT2D eigenvalue weighted by molar-refractivity contribution is -0.131. The molecular formula is C16H18IN3O. The van der Waals surface area contributed by atoms with Crippen LogP contribution in [0.25, 0.3) is 0 Å². The Morgan fingerprint density at radius 1 is 1.24 bits per heavy atom. The second-order valence-electron chi connectivity index (χ2n) is 6.11. The summed E-state index contributed by atoms with van der Waals surface area (Å²) >= 11 is 2.37. The number of benzene rings is 1. The molecule has 1 aromatic rings. The van der Waals surface area contributed by atoms with Crippen LogP contribution >= 0.6 is 22.6 Å². The van der Waals surface area contributed by atoms with Crippen LogP contribution in [0, 0.1) is 9.49 Å². The van der Waals surface area contributed by atoms with E-state index < -0.39 is 0 Å². The van der Waals surface area contributed by atoms with E-state index in [4.69, 9.17) is 5.10 Å². The van der Waals surface area contributed by atoms with Crippen molar-refractivity contribution in [3.05, 3.63) is 33.4 Å². The second-order valence-corrected chi connectivity index (χ2v) is 7.27. The van der Waals surface area contributed by atoms with Gasteiger partial charge in [0.15, 0.2) is 0 Å². The van der Waals surface area contributed by atoms with Crippen LogP contribution in [0.1, 0.15) is 31.4 Å². The fourth-order valence-corrected chi connectivity index (χ4v) is 4.71. The highest BCUT2D eigenvalue weighted by Crippen LogP contribution is 2.44. The average molecular weight is 395 g/mol. The highest BCUT2D eigenvalue weighted by Gasteiger charge is 2.50. The Morgan fingerprint density at radius 2 is 1.95 bits per heavy atom. The lowest BCUT2D eigenvalue weighted by atomic mass is 9.78. The molecule has 3 saturated heterocycles. The van der Waals surface area contributed by atoms with Crippen molar-refractivity contribution >= 4 is 34.2 Å². The largest absolute Gasteiger partial charge is 0.293 e. The molecule has 3 fully saturated rings. The van der Waals surface area contributed by atoms with E-state index in [0.29, 0.717) is 5.92 Å². The van der Waals surface area contributed by atoms with Gasteiger partial charge < -0.3 is 0 Å². The van der Waals surface area contributed by atoms with E-state index in [2.05, 4.69) is 45.7 Å². The van der Waals surface area contributed by atoms with Crippen LogP contribution in [0.15, 0.2) is 29.4 Å². The third kappa shape index (κ3) is 2.04. The average Bonchev–Trinajstić information content (AvgIpc) is 2.91. The monoisotopic (exact) mass is 395 g/mol. The number of carbonyl (C=O) groups excluding carboxylic acids is 1. The summed E-state index contributed by atoms with van der Waals surface area (Å²) in [6, 6.07) is 8.70. The molecule has 0 N–H and O–H groups in total. The number of nitrogens with zero attached hydrogens (tertiary/aromatic N) is 3. The molecule has 4 nitrogen and oxygen atoms in total. The molecule has 2 unspecified atom stereocenters. The first kappa shape index (κ1) is 13.7. The maximum Gasteiger partial charge on any atom is 0.240 e. The van der Waals surface area contributed by atoms with Gasteiger partial charge in [-0.05, 0) is 60.2 Å². The lowest BCUT2D eigenvalue weighted by Crippen LogP contribution is -2.56. The highest BCUT2D eigenvalue weighted by molar-refractivity contribution is 14.1. The summed E-state index contributed by atoms with van der Waals surface area (Å²) in [5.41, 5.74) is 2.47. The van der Waals surface area contributed by atoms with Gasteiger partial charge >= 0.3 is 0 Å². The Balaban J connectivity index is 1.81. The van der Waals surface area contributed by atoms with Gasteiger partial charge in [0.2, 0.25) is 5.91 Å². The molecule has 0 radical (unpaired) electrons. The summed E-state index contributed by atoms with van der Waals surface area (Å²) < 4.78 is 1.21. The maximum absolute atomic E-state index is 12.1. The smallest absolute Gasteiger partial charge is 0.240 e. The molecule has 1 aromatic carbocycles. The van der Waals surface area contributed by atoms with Crippen molar-refractivity contribution in [3.63, 3.8) is 0 Å². The topological polar surface area (TPSA) is 35.9 Å². The second kappa shape index (κ2) is 5.05. The van der Waals surface area contributed by atoms with Crippen LogP contribution in [0.3, 0.4) is 0 Å². The fourth-order valence-electron chi connectivity index (χ4n) is 4.01. The van der Waals surface area contributed by atoms with Gasteiger partial charge in [-0.2, -0.15) is 5.10 Å². The van der Waals surface area contributed by atoms with E-state index in [9.17, 15) is 4.79 Å². The van der Waals surface area contributed by atoms with Crippen molar-refractivity contribution in [2.24, 2.45) is 11.0 Å². The van der Waals surface area contributed by atoms with Crippen LogP contribution in [-0.4, -0.2) is 40.7 Å². The minimum absolute atomic E-state index is 0.0437. The van der Waals surface area contributed by atoms with Crippen LogP contribution in [0.2, 0.25) is 0 Å². The Hall–Kier alpha value is -0.950. The minimum atomic E-state index is 0.0437. The summed E-state index contributed by atoms with van der Waals surface area (Å²) in [4.78, 5) is 14.6. The van der Waals surface area contributed by atoms with Gasteiger partial charge in [-0.15, -0.1) is 0 Å². The molecule has 4 aliphatic rings. The SMILES string of the molecule is CC(=O)N1N=C2C3CCN(CC3)C2C1c1ccccc1I. The summed E-state index contributed by atoms with van der Waals surface area (Å²) in [6.45, 7) is 3.90. The van der Waals surface area contributed by atoms with Gasteiger partial charge in [0.25, 0.3) is 0 Å². The van der Waals surface area contributed by atoms with E-state index in [1.807, 2.05) is 6.07 Å². The third-order valence-corrected chi connectivity index (χ3v) is 5.96. The normalized spacial score (nSPS) is 33.8. The van der Waals surface area contributed by atoms with E-state index in [0.717, 1.165) is 13.1 Å². The number of hydrogen-bond acceptors (Lipinski definition) is 3. The zero-order chi connectivity index (χ0) is 14.6. The Bertz CT molecular complexity index is 622. The molecule has 2 atom stereocenters. The van der Waals surface area contributed by atoms with Crippen LogP contribution in [0.5, 0.6) is 0 Å². The highest BCUT2D eigenvalue weighted by atomic mass is 127. The minimum Gasteiger partial charge on any atom is -0.293 e. The van der Waals surface area contributed by atoms with Gasteiger partial charge in [-0.3, -0.25) is 9.69 Å². The van der Waals surface area contributed by atoms with Crippen molar-refractivity contribution in [1.29, 1.82) is 0 Å². The predicted molar refractivity (Wildman–Crippen MR) is 89.9 cm³/mol. The summed E-state index contributed by atoms with van der Waals surface area (Å²) in [5, 5.41) is 6.48. The molecule has 0 aromatic heterocycles. The lowest BCUT2D eigenvalue weighted by Gasteiger charge is -2.46. The molecule has 4 aliphatic heterocycles. The van der Waals surface area contributed by atoms with Crippen molar-refractivity contribution < 1.29 is 4.79 Å². The number of hydrazone groups is 1. The molecule has 21 heavy (non-hydrogen) atoms. The number of carbonyl (C=O) groups is 1. The molecule has 5 rings (SSSR count). The quantitative estimate of drug-likeness (QED) is 0.686. The Kier molecular flexibility index (Phi) is 3.29. The zero-order valence-electron chi connectivity index (χ0n) is 12.0. The molecule has 4 heterocycles. The van der Waals surface area contributed by atoms with Crippen molar-refractivity contribution in [2.75, 3.05) is 13.1 Å². The van der Waals surface area contributed by atoms with Gasteiger partial charge in [-0.25, -0.2) is 5.01 Å². The van der Waals surface area contributed by atoms with Crippen LogP contribution < -0.4 is 0 Å². The Morgan fingerprint density at radius 3 is 2.62 bits per heavy atom. The Labute approximate surface area is 138 Å². The van der Waals surface area contributed by atoms with E-state index >= 15 is 0 Å². The molecular weight excluding hydrogens is 377 g/mol. The number of piperidine rings is 3. The first-order chi connectivity index (χ1) is 10.2. The van der Waals surface area contributed by atoms with Crippen molar-refractivity contribution in [3.8, 4) is 0 Å². The number of halogens is 1. The number of amides is 1. The zero-order valence-corrected chi connectivity index (χ0v) is 14.2. The molecule has 0 aliphatic carbocycles. The van der Waals surface area contributed by atoms with Gasteiger partial charge in [0.05, 0.1) is 11.8 Å². The molecule has 2 bridgehead atoms. The molecule has 110 valence electrons. The number of hydrogen-bond donors (Lipinski definition) is 0. The molecule has 1 amide bonds. The van der Waals surface area contributed by atoms with Gasteiger partial charge in [0, 0.05) is 16.4 Å². The molecule has 0 saturated carbocycles. The van der Waals surface area contributed by atoms with Crippen LogP contribution in [0.4, 0.5) is 0 Å². The summed E-state index contributed by atoms with van der Waals surface area (Å²) in [7, 11) is 0. The number of fused-ring (bicyclic) bond motifs is 2. The summed E-state index contributed by atoms with van der Waals surface area (Å²) in [5.74, 6) is 0.621. The maximum atomic E-state index is 12.1.